The van der Waals surface area contributed by atoms with Crippen molar-refractivity contribution in [2.75, 3.05) is 18.1 Å². The van der Waals surface area contributed by atoms with Gasteiger partial charge in [0.2, 0.25) is 5.91 Å². The number of ether oxygens (including phenoxy) is 1. The molecule has 1 unspecified atom stereocenters. The summed E-state index contributed by atoms with van der Waals surface area (Å²) in [7, 11) is 0. The zero-order valence-electron chi connectivity index (χ0n) is 12.0. The molecular formula is C17H15ClN2O2. The number of pyridine rings is 1. The van der Waals surface area contributed by atoms with E-state index in [-0.39, 0.29) is 11.8 Å². The fraction of sp³-hybridized carbons (Fsp3) is 0.294. The first kappa shape index (κ1) is 13.6. The second-order valence-corrected chi connectivity index (χ2v) is 5.99. The number of aromatic nitrogens is 1. The molecule has 1 aliphatic heterocycles. The van der Waals surface area contributed by atoms with Gasteiger partial charge in [0.05, 0.1) is 18.7 Å². The van der Waals surface area contributed by atoms with Gasteiger partial charge in [0.1, 0.15) is 18.0 Å². The first-order chi connectivity index (χ1) is 10.8. The number of carbonyl (C=O) groups excluding carboxylic acids is 1. The minimum Gasteiger partial charge on any atom is -0.489 e. The highest BCUT2D eigenvalue weighted by Crippen LogP contribution is 2.40. The maximum Gasteiger partial charge on any atom is 0.234 e. The average molecular weight is 315 g/mol. The molecule has 4 nitrogen and oxygen atoms in total. The zero-order valence-corrected chi connectivity index (χ0v) is 12.7. The molecule has 0 N–H and O–H groups in total. The summed E-state index contributed by atoms with van der Waals surface area (Å²) < 4.78 is 5.60. The van der Waals surface area contributed by atoms with Crippen LogP contribution in [-0.4, -0.2) is 24.0 Å². The standard InChI is InChI=1S/C17H15ClN2O2/c18-14-3-1-2-11-12(14)4-5-13(11)17(21)20-8-9-22-16-6-7-19-10-15(16)20/h1-3,6-7,10,13H,4-5,8-9H2. The van der Waals surface area contributed by atoms with Gasteiger partial charge in [-0.3, -0.25) is 9.78 Å². The van der Waals surface area contributed by atoms with Crippen LogP contribution >= 0.6 is 11.6 Å². The number of hydrogen-bond donors (Lipinski definition) is 0. The molecule has 2 aromatic rings. The predicted molar refractivity (Wildman–Crippen MR) is 84.6 cm³/mol. The first-order valence-corrected chi connectivity index (χ1v) is 7.79. The molecule has 5 heteroatoms. The van der Waals surface area contributed by atoms with Crippen molar-refractivity contribution in [3.8, 4) is 5.75 Å². The Kier molecular flexibility index (Phi) is 3.26. The van der Waals surface area contributed by atoms with Gasteiger partial charge >= 0.3 is 0 Å². The van der Waals surface area contributed by atoms with E-state index in [2.05, 4.69) is 4.98 Å². The lowest BCUT2D eigenvalue weighted by Gasteiger charge is -2.31. The number of benzene rings is 1. The summed E-state index contributed by atoms with van der Waals surface area (Å²) in [6.07, 6.45) is 5.04. The number of rotatable bonds is 1. The molecule has 1 aliphatic carbocycles. The third-order valence-corrected chi connectivity index (χ3v) is 4.76. The molecule has 0 radical (unpaired) electrons. The minimum atomic E-state index is -0.125. The Morgan fingerprint density at radius 3 is 3.18 bits per heavy atom. The van der Waals surface area contributed by atoms with Crippen LogP contribution in [0.3, 0.4) is 0 Å². The Bertz CT molecular complexity index is 747. The van der Waals surface area contributed by atoms with Gasteiger partial charge in [-0.1, -0.05) is 23.7 Å². The van der Waals surface area contributed by atoms with Crippen molar-refractivity contribution in [3.05, 3.63) is 52.8 Å². The molecular weight excluding hydrogens is 300 g/mol. The summed E-state index contributed by atoms with van der Waals surface area (Å²) in [4.78, 5) is 19.0. The molecule has 4 rings (SSSR count). The summed E-state index contributed by atoms with van der Waals surface area (Å²) in [5.41, 5.74) is 2.94. The second-order valence-electron chi connectivity index (χ2n) is 5.58. The van der Waals surface area contributed by atoms with E-state index < -0.39 is 0 Å². The number of halogens is 1. The van der Waals surface area contributed by atoms with E-state index in [9.17, 15) is 4.79 Å². The number of anilines is 1. The smallest absolute Gasteiger partial charge is 0.234 e. The van der Waals surface area contributed by atoms with Crippen LogP contribution in [0.2, 0.25) is 5.02 Å². The highest BCUT2D eigenvalue weighted by atomic mass is 35.5. The number of fused-ring (bicyclic) bond motifs is 2. The fourth-order valence-electron chi connectivity index (χ4n) is 3.35. The Hall–Kier alpha value is -2.07. The third-order valence-electron chi connectivity index (χ3n) is 4.40. The van der Waals surface area contributed by atoms with Gasteiger partial charge in [0.15, 0.2) is 0 Å². The van der Waals surface area contributed by atoms with Gasteiger partial charge in [0.25, 0.3) is 0 Å². The summed E-state index contributed by atoms with van der Waals surface area (Å²) in [5, 5.41) is 0.761. The minimum absolute atomic E-state index is 0.110. The normalized spacial score (nSPS) is 19.3. The molecule has 0 bridgehead atoms. The molecule has 1 amide bonds. The van der Waals surface area contributed by atoms with Crippen molar-refractivity contribution in [1.82, 2.24) is 4.98 Å². The lowest BCUT2D eigenvalue weighted by Crippen LogP contribution is -2.40. The fourth-order valence-corrected chi connectivity index (χ4v) is 3.63. The summed E-state index contributed by atoms with van der Waals surface area (Å²) in [6, 6.07) is 7.62. The van der Waals surface area contributed by atoms with Crippen LogP contribution in [0.4, 0.5) is 5.69 Å². The van der Waals surface area contributed by atoms with Crippen LogP contribution < -0.4 is 9.64 Å². The maximum absolute atomic E-state index is 13.0. The molecule has 0 saturated carbocycles. The largest absolute Gasteiger partial charge is 0.489 e. The van der Waals surface area contributed by atoms with E-state index in [4.69, 9.17) is 16.3 Å². The first-order valence-electron chi connectivity index (χ1n) is 7.41. The van der Waals surface area contributed by atoms with Crippen LogP contribution in [0.5, 0.6) is 5.75 Å². The summed E-state index contributed by atoms with van der Waals surface area (Å²) in [5.74, 6) is 0.706. The van der Waals surface area contributed by atoms with Crippen molar-refractivity contribution >= 4 is 23.2 Å². The Balaban J connectivity index is 1.69. The molecule has 1 aromatic carbocycles. The van der Waals surface area contributed by atoms with Crippen LogP contribution in [0.1, 0.15) is 23.5 Å². The van der Waals surface area contributed by atoms with Crippen LogP contribution in [0.25, 0.3) is 0 Å². The van der Waals surface area contributed by atoms with E-state index in [0.717, 1.165) is 40.4 Å². The number of amides is 1. The average Bonchev–Trinajstić information content (AvgIpc) is 2.99. The van der Waals surface area contributed by atoms with Gasteiger partial charge in [-0.15, -0.1) is 0 Å². The second kappa shape index (κ2) is 5.29. The van der Waals surface area contributed by atoms with Gasteiger partial charge in [-0.2, -0.15) is 0 Å². The third kappa shape index (κ3) is 2.06. The van der Waals surface area contributed by atoms with Gasteiger partial charge in [0, 0.05) is 17.3 Å². The van der Waals surface area contributed by atoms with E-state index in [1.165, 1.54) is 0 Å². The number of carbonyl (C=O) groups is 1. The molecule has 1 atom stereocenters. The van der Waals surface area contributed by atoms with Crippen molar-refractivity contribution < 1.29 is 9.53 Å². The molecule has 22 heavy (non-hydrogen) atoms. The lowest BCUT2D eigenvalue weighted by molar-refractivity contribution is -0.120. The van der Waals surface area contributed by atoms with Gasteiger partial charge < -0.3 is 9.64 Å². The van der Waals surface area contributed by atoms with E-state index >= 15 is 0 Å². The van der Waals surface area contributed by atoms with Crippen LogP contribution in [0, 0.1) is 0 Å². The van der Waals surface area contributed by atoms with Crippen molar-refractivity contribution in [2.45, 2.75) is 18.8 Å². The SMILES string of the molecule is O=C(C1CCc2c(Cl)cccc21)N1CCOc2ccncc21. The Labute approximate surface area is 133 Å². The molecule has 0 saturated heterocycles. The van der Waals surface area contributed by atoms with Crippen LogP contribution in [-0.2, 0) is 11.2 Å². The van der Waals surface area contributed by atoms with E-state index in [1.807, 2.05) is 18.2 Å². The molecule has 1 aromatic heterocycles. The molecule has 0 spiro atoms. The van der Waals surface area contributed by atoms with Crippen molar-refractivity contribution in [3.63, 3.8) is 0 Å². The zero-order chi connectivity index (χ0) is 15.1. The number of hydrogen-bond acceptors (Lipinski definition) is 3. The molecule has 2 heterocycles. The highest BCUT2D eigenvalue weighted by molar-refractivity contribution is 6.31. The van der Waals surface area contributed by atoms with E-state index in [1.54, 1.807) is 23.4 Å². The molecule has 2 aliphatic rings. The predicted octanol–water partition coefficient (Wildman–Crippen LogP) is 3.19. The molecule has 0 fully saturated rings. The maximum atomic E-state index is 13.0. The number of nitrogens with zero attached hydrogens (tertiary/aromatic N) is 2. The summed E-state index contributed by atoms with van der Waals surface area (Å²) >= 11 is 6.25. The molecule has 112 valence electrons. The monoisotopic (exact) mass is 314 g/mol. The quantitative estimate of drug-likeness (QED) is 0.812. The van der Waals surface area contributed by atoms with Gasteiger partial charge in [-0.05, 0) is 30.0 Å². The van der Waals surface area contributed by atoms with Crippen LogP contribution in [0.15, 0.2) is 36.7 Å². The Morgan fingerprint density at radius 2 is 2.27 bits per heavy atom. The lowest BCUT2D eigenvalue weighted by atomic mass is 9.99. The van der Waals surface area contributed by atoms with Gasteiger partial charge in [-0.25, -0.2) is 0 Å². The van der Waals surface area contributed by atoms with Crippen molar-refractivity contribution in [2.24, 2.45) is 0 Å². The van der Waals surface area contributed by atoms with E-state index in [0.29, 0.717) is 13.2 Å². The Morgan fingerprint density at radius 1 is 1.36 bits per heavy atom. The summed E-state index contributed by atoms with van der Waals surface area (Å²) in [6.45, 7) is 1.07. The van der Waals surface area contributed by atoms with Crippen molar-refractivity contribution in [1.29, 1.82) is 0 Å². The highest BCUT2D eigenvalue weighted by Gasteiger charge is 2.35. The topological polar surface area (TPSA) is 42.4 Å².